The highest BCUT2D eigenvalue weighted by Gasteiger charge is 2.20. The van der Waals surface area contributed by atoms with E-state index in [0.717, 1.165) is 53.8 Å². The summed E-state index contributed by atoms with van der Waals surface area (Å²) in [5.41, 5.74) is 9.60. The highest BCUT2D eigenvalue weighted by Crippen LogP contribution is 2.33. The van der Waals surface area contributed by atoms with Gasteiger partial charge in [-0.3, -0.25) is 5.10 Å². The summed E-state index contributed by atoms with van der Waals surface area (Å²) in [5.74, 6) is 0.626. The van der Waals surface area contributed by atoms with Crippen LogP contribution in [0.25, 0.3) is 22.2 Å². The summed E-state index contributed by atoms with van der Waals surface area (Å²) in [6.45, 7) is 1.97. The van der Waals surface area contributed by atoms with E-state index in [4.69, 9.17) is 15.2 Å². The molecule has 1 aliphatic heterocycles. The minimum Gasteiger partial charge on any atom is -0.474 e. The Morgan fingerprint density at radius 2 is 2.12 bits per heavy atom. The molecule has 6 heteroatoms. The van der Waals surface area contributed by atoms with Crippen molar-refractivity contribution in [1.29, 1.82) is 0 Å². The molecule has 6 nitrogen and oxygen atoms in total. The fraction of sp³-hybridized carbons (Fsp3) is 0.333. The Balaban J connectivity index is 1.76. The summed E-state index contributed by atoms with van der Waals surface area (Å²) in [6.07, 6.45) is 3.65. The Kier molecular flexibility index (Phi) is 4.15. The largest absolute Gasteiger partial charge is 0.474 e. The number of benzene rings is 1. The Morgan fingerprint density at radius 1 is 1.25 bits per heavy atom. The number of nitrogens with two attached hydrogens (primary N) is 1. The third-order valence-corrected chi connectivity index (χ3v) is 4.32. The van der Waals surface area contributed by atoms with Gasteiger partial charge in [0.2, 0.25) is 5.88 Å². The van der Waals surface area contributed by atoms with E-state index < -0.39 is 0 Å². The van der Waals surface area contributed by atoms with E-state index in [0.29, 0.717) is 12.4 Å². The maximum atomic E-state index is 6.17. The van der Waals surface area contributed by atoms with Gasteiger partial charge in [-0.2, -0.15) is 5.10 Å². The third kappa shape index (κ3) is 2.86. The molecule has 1 aliphatic rings. The molecule has 0 amide bonds. The normalized spacial score (nSPS) is 15.7. The van der Waals surface area contributed by atoms with Crippen LogP contribution in [0.15, 0.2) is 36.5 Å². The van der Waals surface area contributed by atoms with Crippen LogP contribution in [0.4, 0.5) is 0 Å². The van der Waals surface area contributed by atoms with E-state index >= 15 is 0 Å². The number of aromatic amines is 1. The van der Waals surface area contributed by atoms with Crippen molar-refractivity contribution in [3.05, 3.63) is 42.1 Å². The maximum Gasteiger partial charge on any atom is 0.225 e. The van der Waals surface area contributed by atoms with Gasteiger partial charge in [-0.15, -0.1) is 0 Å². The number of hydrogen-bond acceptors (Lipinski definition) is 5. The first-order valence-electron chi connectivity index (χ1n) is 8.22. The van der Waals surface area contributed by atoms with Gasteiger partial charge in [0.1, 0.15) is 11.8 Å². The summed E-state index contributed by atoms with van der Waals surface area (Å²) >= 11 is 0. The Morgan fingerprint density at radius 3 is 2.96 bits per heavy atom. The Bertz CT molecular complexity index is 840. The van der Waals surface area contributed by atoms with Gasteiger partial charge in [0, 0.05) is 31.1 Å². The Hall–Kier alpha value is -2.44. The van der Waals surface area contributed by atoms with Crippen molar-refractivity contribution in [2.24, 2.45) is 5.73 Å². The number of nitrogens with zero attached hydrogens (tertiary/aromatic N) is 2. The van der Waals surface area contributed by atoms with Crippen molar-refractivity contribution in [2.75, 3.05) is 13.2 Å². The van der Waals surface area contributed by atoms with E-state index in [-0.39, 0.29) is 6.10 Å². The highest BCUT2D eigenvalue weighted by molar-refractivity contribution is 5.96. The van der Waals surface area contributed by atoms with Crippen LogP contribution in [0.1, 0.15) is 18.4 Å². The van der Waals surface area contributed by atoms with Gasteiger partial charge in [-0.1, -0.05) is 18.2 Å². The van der Waals surface area contributed by atoms with Crippen molar-refractivity contribution in [3.8, 4) is 17.1 Å². The van der Waals surface area contributed by atoms with Crippen molar-refractivity contribution in [1.82, 2.24) is 15.2 Å². The zero-order valence-corrected chi connectivity index (χ0v) is 13.4. The third-order valence-electron chi connectivity index (χ3n) is 4.32. The lowest BCUT2D eigenvalue weighted by Crippen LogP contribution is -2.26. The number of H-pyrrole nitrogens is 1. The minimum atomic E-state index is 0.134. The molecule has 2 aromatic heterocycles. The lowest BCUT2D eigenvalue weighted by molar-refractivity contribution is 0.0244. The van der Waals surface area contributed by atoms with Crippen molar-refractivity contribution in [2.45, 2.75) is 25.5 Å². The second-order valence-electron chi connectivity index (χ2n) is 5.94. The van der Waals surface area contributed by atoms with Crippen LogP contribution in [0, 0.1) is 0 Å². The first-order chi connectivity index (χ1) is 11.8. The molecule has 3 heterocycles. The molecule has 4 rings (SSSR count). The average molecular weight is 324 g/mol. The minimum absolute atomic E-state index is 0.134. The van der Waals surface area contributed by atoms with Crippen molar-refractivity contribution in [3.63, 3.8) is 0 Å². The van der Waals surface area contributed by atoms with Crippen molar-refractivity contribution >= 4 is 10.9 Å². The molecule has 1 saturated heterocycles. The number of hydrogen-bond donors (Lipinski definition) is 2. The van der Waals surface area contributed by atoms with E-state index in [2.05, 4.69) is 21.2 Å². The molecule has 0 unspecified atom stereocenters. The van der Waals surface area contributed by atoms with Gasteiger partial charge >= 0.3 is 0 Å². The second kappa shape index (κ2) is 6.59. The quantitative estimate of drug-likeness (QED) is 0.770. The van der Waals surface area contributed by atoms with E-state index in [1.807, 2.05) is 24.3 Å². The Labute approximate surface area is 140 Å². The van der Waals surface area contributed by atoms with Crippen LogP contribution in [0.3, 0.4) is 0 Å². The fourth-order valence-corrected chi connectivity index (χ4v) is 3.03. The van der Waals surface area contributed by atoms with Crippen LogP contribution >= 0.6 is 0 Å². The number of fused-ring (bicyclic) bond motifs is 1. The standard InChI is InChI=1S/C18H20N4O2/c19-11-12-2-1-3-13(10-12)17-16-15(21-22-17)4-7-20-18(16)24-14-5-8-23-9-6-14/h1-4,7,10,14H,5-6,8-9,11,19H2,(H,21,22). The lowest BCUT2D eigenvalue weighted by atomic mass is 10.1. The van der Waals surface area contributed by atoms with E-state index in [9.17, 15) is 0 Å². The van der Waals surface area contributed by atoms with Gasteiger partial charge in [-0.05, 0) is 17.7 Å². The molecule has 0 spiro atoms. The molecule has 3 N–H and O–H groups in total. The van der Waals surface area contributed by atoms with Crippen LogP contribution in [-0.4, -0.2) is 34.5 Å². The number of ether oxygens (including phenoxy) is 2. The molecular formula is C18H20N4O2. The average Bonchev–Trinajstić information content (AvgIpc) is 3.08. The van der Waals surface area contributed by atoms with Crippen molar-refractivity contribution < 1.29 is 9.47 Å². The summed E-state index contributed by atoms with van der Waals surface area (Å²) in [6, 6.07) is 10.00. The predicted octanol–water partition coefficient (Wildman–Crippen LogP) is 2.64. The fourth-order valence-electron chi connectivity index (χ4n) is 3.03. The highest BCUT2D eigenvalue weighted by atomic mass is 16.5. The predicted molar refractivity (Wildman–Crippen MR) is 91.7 cm³/mol. The molecule has 1 fully saturated rings. The summed E-state index contributed by atoms with van der Waals surface area (Å²) in [5, 5.41) is 8.48. The molecule has 1 aromatic carbocycles. The van der Waals surface area contributed by atoms with E-state index in [1.165, 1.54) is 0 Å². The summed E-state index contributed by atoms with van der Waals surface area (Å²) in [4.78, 5) is 4.45. The molecule has 0 aliphatic carbocycles. The van der Waals surface area contributed by atoms with Gasteiger partial charge in [0.25, 0.3) is 0 Å². The number of pyridine rings is 1. The molecule has 0 atom stereocenters. The number of rotatable bonds is 4. The topological polar surface area (TPSA) is 86.1 Å². The summed E-state index contributed by atoms with van der Waals surface area (Å²) < 4.78 is 11.6. The molecule has 0 bridgehead atoms. The van der Waals surface area contributed by atoms with E-state index in [1.54, 1.807) is 6.20 Å². The van der Waals surface area contributed by atoms with Crippen LogP contribution < -0.4 is 10.5 Å². The monoisotopic (exact) mass is 324 g/mol. The SMILES string of the molecule is NCc1cccc(-c2n[nH]c3ccnc(OC4CCOCC4)c23)c1. The molecule has 124 valence electrons. The zero-order chi connectivity index (χ0) is 16.4. The second-order valence-corrected chi connectivity index (χ2v) is 5.94. The lowest BCUT2D eigenvalue weighted by Gasteiger charge is -2.23. The maximum absolute atomic E-state index is 6.17. The van der Waals surface area contributed by atoms with Gasteiger partial charge in [0.05, 0.1) is 24.1 Å². The van der Waals surface area contributed by atoms with Gasteiger partial charge in [-0.25, -0.2) is 4.98 Å². The molecule has 0 radical (unpaired) electrons. The molecule has 0 saturated carbocycles. The smallest absolute Gasteiger partial charge is 0.225 e. The number of nitrogens with one attached hydrogen (secondary N) is 1. The van der Waals surface area contributed by atoms with Crippen LogP contribution in [0.2, 0.25) is 0 Å². The molecule has 3 aromatic rings. The molecular weight excluding hydrogens is 304 g/mol. The first kappa shape index (κ1) is 15.1. The summed E-state index contributed by atoms with van der Waals surface area (Å²) in [7, 11) is 0. The number of aromatic nitrogens is 3. The van der Waals surface area contributed by atoms with Crippen LogP contribution in [0.5, 0.6) is 5.88 Å². The molecule has 24 heavy (non-hydrogen) atoms. The first-order valence-corrected chi connectivity index (χ1v) is 8.22. The van der Waals surface area contributed by atoms with Gasteiger partial charge < -0.3 is 15.2 Å². The van der Waals surface area contributed by atoms with Crippen LogP contribution in [-0.2, 0) is 11.3 Å². The van der Waals surface area contributed by atoms with Gasteiger partial charge in [0.15, 0.2) is 0 Å². The zero-order valence-electron chi connectivity index (χ0n) is 13.4.